The highest BCUT2D eigenvalue weighted by atomic mass is 35.5. The van der Waals surface area contributed by atoms with Gasteiger partial charge < -0.3 is 0 Å². The molecule has 0 aliphatic rings. The summed E-state index contributed by atoms with van der Waals surface area (Å²) >= 11 is 5.75. The molecule has 0 radical (unpaired) electrons. The monoisotopic (exact) mass is 168 g/mol. The molecule has 0 amide bonds. The minimum Gasteiger partial charge on any atom is -0.298 e. The fraction of sp³-hybridized carbons (Fsp3) is 0.222. The van der Waals surface area contributed by atoms with E-state index in [4.69, 9.17) is 11.6 Å². The maximum absolute atomic E-state index is 10.4. The molecule has 58 valence electrons. The normalized spacial score (nSPS) is 9.64. The van der Waals surface area contributed by atoms with Crippen LogP contribution < -0.4 is 0 Å². The van der Waals surface area contributed by atoms with Gasteiger partial charge in [-0.25, -0.2) is 0 Å². The number of carbonyl (C=O) groups is 1. The lowest BCUT2D eigenvalue weighted by molar-refractivity contribution is 0.112. The molecule has 0 heterocycles. The first-order valence-corrected chi connectivity index (χ1v) is 3.88. The number of hydrogen-bond donors (Lipinski definition) is 0. The predicted molar refractivity (Wildman–Crippen MR) is 46.2 cm³/mol. The van der Waals surface area contributed by atoms with Gasteiger partial charge in [0.05, 0.1) is 0 Å². The summed E-state index contributed by atoms with van der Waals surface area (Å²) in [6, 6.07) is 5.38. The van der Waals surface area contributed by atoms with Crippen LogP contribution in [-0.2, 0) is 6.42 Å². The average Bonchev–Trinajstić information content (AvgIpc) is 2.03. The zero-order valence-electron chi connectivity index (χ0n) is 6.30. The van der Waals surface area contributed by atoms with Gasteiger partial charge in [0.15, 0.2) is 0 Å². The molecule has 0 aromatic heterocycles. The molecule has 0 spiro atoms. The highest BCUT2D eigenvalue weighted by Gasteiger charge is 1.95. The molecule has 1 rings (SSSR count). The molecule has 2 heteroatoms. The average molecular weight is 169 g/mol. The molecule has 1 nitrogen and oxygen atoms in total. The molecule has 0 fully saturated rings. The number of hydrogen-bond acceptors (Lipinski definition) is 1. The zero-order chi connectivity index (χ0) is 8.27. The summed E-state index contributed by atoms with van der Waals surface area (Å²) in [6.45, 7) is 2.03. The van der Waals surface area contributed by atoms with E-state index in [0.717, 1.165) is 18.3 Å². The first kappa shape index (κ1) is 8.28. The van der Waals surface area contributed by atoms with E-state index in [9.17, 15) is 4.79 Å². The number of benzene rings is 1. The Morgan fingerprint density at radius 3 is 2.73 bits per heavy atom. The van der Waals surface area contributed by atoms with Crippen molar-refractivity contribution in [3.05, 3.63) is 34.3 Å². The quantitative estimate of drug-likeness (QED) is 0.621. The number of rotatable bonds is 2. The fourth-order valence-corrected chi connectivity index (χ4v) is 1.21. The summed E-state index contributed by atoms with van der Waals surface area (Å²) in [6.07, 6.45) is 1.71. The van der Waals surface area contributed by atoms with E-state index in [-0.39, 0.29) is 0 Å². The van der Waals surface area contributed by atoms with Crippen molar-refractivity contribution < 1.29 is 4.79 Å². The van der Waals surface area contributed by atoms with E-state index < -0.39 is 0 Å². The molecule has 0 saturated heterocycles. The van der Waals surface area contributed by atoms with Gasteiger partial charge >= 0.3 is 0 Å². The number of aldehydes is 1. The molecule has 1 aromatic carbocycles. The Labute approximate surface area is 71.0 Å². The fourth-order valence-electron chi connectivity index (χ4n) is 0.948. The van der Waals surface area contributed by atoms with Gasteiger partial charge in [-0.05, 0) is 30.2 Å². The van der Waals surface area contributed by atoms with Gasteiger partial charge in [-0.1, -0.05) is 18.5 Å². The topological polar surface area (TPSA) is 17.1 Å². The second-order valence-electron chi connectivity index (χ2n) is 2.36. The van der Waals surface area contributed by atoms with Gasteiger partial charge in [0, 0.05) is 10.6 Å². The van der Waals surface area contributed by atoms with Gasteiger partial charge in [0.25, 0.3) is 0 Å². The van der Waals surface area contributed by atoms with Crippen molar-refractivity contribution in [1.29, 1.82) is 0 Å². The molecule has 1 aromatic rings. The second-order valence-corrected chi connectivity index (χ2v) is 2.80. The van der Waals surface area contributed by atoms with Crippen LogP contribution in [0.15, 0.2) is 18.2 Å². The molecule has 0 aliphatic heterocycles. The summed E-state index contributed by atoms with van der Waals surface area (Å²) in [5, 5.41) is 0.631. The molecule has 0 N–H and O–H groups in total. The van der Waals surface area contributed by atoms with Gasteiger partial charge in [0.2, 0.25) is 0 Å². The summed E-state index contributed by atoms with van der Waals surface area (Å²) in [7, 11) is 0. The molecule has 0 unspecified atom stereocenters. The Hall–Kier alpha value is -0.820. The van der Waals surface area contributed by atoms with Gasteiger partial charge in [-0.2, -0.15) is 0 Å². The van der Waals surface area contributed by atoms with E-state index in [2.05, 4.69) is 0 Å². The number of halogens is 1. The van der Waals surface area contributed by atoms with Crippen LogP contribution in [0.1, 0.15) is 22.8 Å². The van der Waals surface area contributed by atoms with Crippen LogP contribution in [0.5, 0.6) is 0 Å². The minimum absolute atomic E-state index is 0.631. The third kappa shape index (κ3) is 2.05. The lowest BCUT2D eigenvalue weighted by atomic mass is 10.1. The van der Waals surface area contributed by atoms with Crippen molar-refractivity contribution in [3.63, 3.8) is 0 Å². The first-order valence-electron chi connectivity index (χ1n) is 3.51. The molecule has 11 heavy (non-hydrogen) atoms. The first-order chi connectivity index (χ1) is 5.26. The SMILES string of the molecule is CCc1cc(Cl)cc(C=O)c1. The summed E-state index contributed by atoms with van der Waals surface area (Å²) < 4.78 is 0. The van der Waals surface area contributed by atoms with Crippen molar-refractivity contribution in [3.8, 4) is 0 Å². The van der Waals surface area contributed by atoms with Gasteiger partial charge in [-0.3, -0.25) is 4.79 Å². The van der Waals surface area contributed by atoms with Crippen LogP contribution in [0.4, 0.5) is 0 Å². The van der Waals surface area contributed by atoms with Crippen LogP contribution in [0.2, 0.25) is 5.02 Å². The third-order valence-corrected chi connectivity index (χ3v) is 1.74. The third-order valence-electron chi connectivity index (χ3n) is 1.52. The number of aryl methyl sites for hydroxylation is 1. The van der Waals surface area contributed by atoms with E-state index in [1.807, 2.05) is 19.1 Å². The van der Waals surface area contributed by atoms with Crippen LogP contribution in [-0.4, -0.2) is 6.29 Å². The smallest absolute Gasteiger partial charge is 0.150 e. The maximum atomic E-state index is 10.4. The Morgan fingerprint density at radius 1 is 1.45 bits per heavy atom. The standard InChI is InChI=1S/C9H9ClO/c1-2-7-3-8(6-11)5-9(10)4-7/h3-6H,2H2,1H3. The highest BCUT2D eigenvalue weighted by molar-refractivity contribution is 6.30. The van der Waals surface area contributed by atoms with Crippen molar-refractivity contribution >= 4 is 17.9 Å². The largest absolute Gasteiger partial charge is 0.298 e. The summed E-state index contributed by atoms with van der Waals surface area (Å²) in [4.78, 5) is 10.4. The van der Waals surface area contributed by atoms with E-state index in [1.54, 1.807) is 6.07 Å². The van der Waals surface area contributed by atoms with E-state index in [1.165, 1.54) is 0 Å². The molecule has 0 saturated carbocycles. The summed E-state index contributed by atoms with van der Waals surface area (Å²) in [5.74, 6) is 0. The summed E-state index contributed by atoms with van der Waals surface area (Å²) in [5.41, 5.74) is 1.74. The maximum Gasteiger partial charge on any atom is 0.150 e. The minimum atomic E-state index is 0.631. The Bertz CT molecular complexity index is 268. The molecule has 0 aliphatic carbocycles. The van der Waals surface area contributed by atoms with Crippen molar-refractivity contribution in [2.75, 3.05) is 0 Å². The molecule has 0 bridgehead atoms. The molecule has 0 atom stereocenters. The van der Waals surface area contributed by atoms with Gasteiger partial charge in [0.1, 0.15) is 6.29 Å². The van der Waals surface area contributed by atoms with Gasteiger partial charge in [-0.15, -0.1) is 0 Å². The number of carbonyl (C=O) groups excluding carboxylic acids is 1. The van der Waals surface area contributed by atoms with Crippen molar-refractivity contribution in [2.24, 2.45) is 0 Å². The molecular weight excluding hydrogens is 160 g/mol. The van der Waals surface area contributed by atoms with Crippen LogP contribution in [0.25, 0.3) is 0 Å². The Kier molecular flexibility index (Phi) is 2.66. The Balaban J connectivity index is 3.11. The lowest BCUT2D eigenvalue weighted by Crippen LogP contribution is -1.84. The Morgan fingerprint density at radius 2 is 2.18 bits per heavy atom. The van der Waals surface area contributed by atoms with E-state index in [0.29, 0.717) is 10.6 Å². The zero-order valence-corrected chi connectivity index (χ0v) is 7.06. The van der Waals surface area contributed by atoms with E-state index >= 15 is 0 Å². The van der Waals surface area contributed by atoms with Crippen molar-refractivity contribution in [2.45, 2.75) is 13.3 Å². The molecular formula is C9H9ClO. The van der Waals surface area contributed by atoms with Crippen LogP contribution >= 0.6 is 11.6 Å². The second kappa shape index (κ2) is 3.54. The highest BCUT2D eigenvalue weighted by Crippen LogP contribution is 2.14. The van der Waals surface area contributed by atoms with Crippen molar-refractivity contribution in [1.82, 2.24) is 0 Å². The van der Waals surface area contributed by atoms with Crippen LogP contribution in [0.3, 0.4) is 0 Å². The predicted octanol–water partition coefficient (Wildman–Crippen LogP) is 2.71. The lowest BCUT2D eigenvalue weighted by Gasteiger charge is -1.98. The van der Waals surface area contributed by atoms with Crippen LogP contribution in [0, 0.1) is 0 Å².